The van der Waals surface area contributed by atoms with Crippen molar-refractivity contribution in [1.29, 1.82) is 0 Å². The second kappa shape index (κ2) is 7.62. The molecule has 4 aromatic rings. The molecular formula is C23H21F2N3O2S. The second-order valence-electron chi connectivity index (χ2n) is 7.60. The molecule has 0 aliphatic carbocycles. The number of nitrogens with one attached hydrogen (secondary N) is 1. The lowest BCUT2D eigenvalue weighted by molar-refractivity contribution is 0.153. The van der Waals surface area contributed by atoms with Crippen LogP contribution in [-0.4, -0.2) is 38.6 Å². The lowest BCUT2D eigenvalue weighted by Crippen LogP contribution is -2.43. The van der Waals surface area contributed by atoms with Gasteiger partial charge in [-0.15, -0.1) is 0 Å². The van der Waals surface area contributed by atoms with Gasteiger partial charge in [0.25, 0.3) is 16.4 Å². The summed E-state index contributed by atoms with van der Waals surface area (Å²) in [6, 6.07) is 17.4. The molecule has 1 fully saturated rings. The summed E-state index contributed by atoms with van der Waals surface area (Å²) in [6.07, 6.45) is -1.72. The van der Waals surface area contributed by atoms with E-state index in [0.717, 1.165) is 34.0 Å². The molecule has 160 valence electrons. The molecule has 2 heterocycles. The van der Waals surface area contributed by atoms with E-state index in [-0.39, 0.29) is 16.0 Å². The number of benzene rings is 3. The number of halogens is 2. The van der Waals surface area contributed by atoms with Gasteiger partial charge in [0.05, 0.1) is 10.4 Å². The summed E-state index contributed by atoms with van der Waals surface area (Å²) >= 11 is 0. The highest BCUT2D eigenvalue weighted by Gasteiger charge is 2.27. The van der Waals surface area contributed by atoms with E-state index in [9.17, 15) is 17.2 Å². The van der Waals surface area contributed by atoms with Crippen molar-refractivity contribution in [2.75, 3.05) is 31.1 Å². The Bertz CT molecular complexity index is 1380. The fourth-order valence-electron chi connectivity index (χ4n) is 4.24. The van der Waals surface area contributed by atoms with Gasteiger partial charge in [0.2, 0.25) is 0 Å². The van der Waals surface area contributed by atoms with Crippen LogP contribution in [0.2, 0.25) is 0 Å². The lowest BCUT2D eigenvalue weighted by Gasteiger charge is -2.30. The van der Waals surface area contributed by atoms with Crippen LogP contribution in [-0.2, 0) is 10.0 Å². The first-order chi connectivity index (χ1) is 15.0. The zero-order valence-corrected chi connectivity index (χ0v) is 17.4. The van der Waals surface area contributed by atoms with Gasteiger partial charge in [-0.1, -0.05) is 36.4 Å². The van der Waals surface area contributed by atoms with Gasteiger partial charge in [0.1, 0.15) is 0 Å². The van der Waals surface area contributed by atoms with Crippen molar-refractivity contribution in [1.82, 2.24) is 9.29 Å². The van der Waals surface area contributed by atoms with Crippen LogP contribution < -0.4 is 10.2 Å². The summed E-state index contributed by atoms with van der Waals surface area (Å²) in [6.45, 7) is 2.84. The number of aromatic nitrogens is 1. The van der Waals surface area contributed by atoms with Crippen LogP contribution in [0.1, 0.15) is 12.0 Å². The first kappa shape index (κ1) is 20.0. The topological polar surface area (TPSA) is 54.3 Å². The predicted molar refractivity (Wildman–Crippen MR) is 119 cm³/mol. The maximum atomic E-state index is 14.0. The molecule has 0 atom stereocenters. The summed E-state index contributed by atoms with van der Waals surface area (Å²) in [4.78, 5) is 2.09. The highest BCUT2D eigenvalue weighted by molar-refractivity contribution is 7.90. The third kappa shape index (κ3) is 3.36. The highest BCUT2D eigenvalue weighted by Crippen LogP contribution is 2.38. The van der Waals surface area contributed by atoms with Crippen molar-refractivity contribution in [3.63, 3.8) is 0 Å². The Labute approximate surface area is 178 Å². The molecule has 8 heteroatoms. The van der Waals surface area contributed by atoms with Gasteiger partial charge in [0.15, 0.2) is 0 Å². The van der Waals surface area contributed by atoms with Crippen LogP contribution >= 0.6 is 0 Å². The van der Waals surface area contributed by atoms with Crippen LogP contribution in [0, 0.1) is 0 Å². The van der Waals surface area contributed by atoms with Gasteiger partial charge in [0, 0.05) is 49.0 Å². The Balaban J connectivity index is 1.72. The van der Waals surface area contributed by atoms with E-state index in [4.69, 9.17) is 0 Å². The van der Waals surface area contributed by atoms with Gasteiger partial charge in [-0.25, -0.2) is 21.2 Å². The minimum Gasteiger partial charge on any atom is -0.368 e. The lowest BCUT2D eigenvalue weighted by atomic mass is 10.1. The molecule has 1 aliphatic rings. The minimum absolute atomic E-state index is 0.0662. The molecule has 1 aromatic heterocycles. The molecule has 0 radical (unpaired) electrons. The SMILES string of the molecule is O=S(=O)(c1ccc2ccccc2c1)n1cc(C(F)F)c2c(N3CCNCC3)cccc21. The number of nitrogens with zero attached hydrogens (tertiary/aromatic N) is 2. The molecule has 0 spiro atoms. The molecule has 31 heavy (non-hydrogen) atoms. The molecule has 0 saturated carbocycles. The van der Waals surface area contributed by atoms with E-state index in [1.807, 2.05) is 29.2 Å². The average molecular weight is 442 g/mol. The Morgan fingerprint density at radius 2 is 1.65 bits per heavy atom. The van der Waals surface area contributed by atoms with E-state index < -0.39 is 16.4 Å². The number of hydrogen-bond donors (Lipinski definition) is 1. The Kier molecular flexibility index (Phi) is 4.91. The van der Waals surface area contributed by atoms with E-state index in [1.54, 1.807) is 30.3 Å². The third-order valence-electron chi connectivity index (χ3n) is 5.77. The van der Waals surface area contributed by atoms with E-state index in [0.29, 0.717) is 24.2 Å². The minimum atomic E-state index is -4.06. The molecule has 1 N–H and O–H groups in total. The van der Waals surface area contributed by atoms with Crippen LogP contribution in [0.25, 0.3) is 21.7 Å². The summed E-state index contributed by atoms with van der Waals surface area (Å²) in [7, 11) is -4.06. The summed E-state index contributed by atoms with van der Waals surface area (Å²) < 4.78 is 56.1. The number of piperazine rings is 1. The smallest absolute Gasteiger partial charge is 0.268 e. The van der Waals surface area contributed by atoms with Crippen LogP contribution in [0.15, 0.2) is 71.8 Å². The monoisotopic (exact) mass is 441 g/mol. The Morgan fingerprint density at radius 3 is 2.39 bits per heavy atom. The first-order valence-electron chi connectivity index (χ1n) is 10.1. The largest absolute Gasteiger partial charge is 0.368 e. The van der Waals surface area contributed by atoms with E-state index in [1.165, 1.54) is 6.07 Å². The molecule has 5 nitrogen and oxygen atoms in total. The normalized spacial score (nSPS) is 15.3. The molecule has 3 aromatic carbocycles. The van der Waals surface area contributed by atoms with Crippen molar-refractivity contribution in [2.24, 2.45) is 0 Å². The average Bonchev–Trinajstić information content (AvgIpc) is 3.20. The number of fused-ring (bicyclic) bond motifs is 2. The third-order valence-corrected chi connectivity index (χ3v) is 7.44. The maximum absolute atomic E-state index is 14.0. The second-order valence-corrected chi connectivity index (χ2v) is 9.42. The van der Waals surface area contributed by atoms with Gasteiger partial charge in [-0.2, -0.15) is 0 Å². The van der Waals surface area contributed by atoms with Crippen molar-refractivity contribution < 1.29 is 17.2 Å². The van der Waals surface area contributed by atoms with Gasteiger partial charge in [-0.3, -0.25) is 0 Å². The summed E-state index contributed by atoms with van der Waals surface area (Å²) in [5, 5.41) is 5.22. The van der Waals surface area contributed by atoms with Gasteiger partial charge < -0.3 is 10.2 Å². The van der Waals surface area contributed by atoms with Crippen LogP contribution in [0.5, 0.6) is 0 Å². The summed E-state index contributed by atoms with van der Waals surface area (Å²) in [5.74, 6) is 0. The number of alkyl halides is 2. The number of rotatable bonds is 4. The highest BCUT2D eigenvalue weighted by atomic mass is 32.2. The van der Waals surface area contributed by atoms with E-state index in [2.05, 4.69) is 5.32 Å². The van der Waals surface area contributed by atoms with E-state index >= 15 is 0 Å². The van der Waals surface area contributed by atoms with Crippen LogP contribution in [0.3, 0.4) is 0 Å². The van der Waals surface area contributed by atoms with Gasteiger partial charge >= 0.3 is 0 Å². The standard InChI is InChI=1S/C23H21F2N3O2S/c24-23(25)19-15-28(21-7-3-6-20(22(19)21)27-12-10-26-11-13-27)31(29,30)18-9-8-16-4-1-2-5-17(16)14-18/h1-9,14-15,23,26H,10-13H2. The zero-order valence-electron chi connectivity index (χ0n) is 16.6. The summed E-state index contributed by atoms with van der Waals surface area (Å²) in [5.41, 5.74) is 0.634. The van der Waals surface area contributed by atoms with Crippen molar-refractivity contribution >= 4 is 37.4 Å². The number of hydrogen-bond acceptors (Lipinski definition) is 4. The van der Waals surface area contributed by atoms with Crippen LogP contribution in [0.4, 0.5) is 14.5 Å². The fraction of sp³-hybridized carbons (Fsp3) is 0.217. The van der Waals surface area contributed by atoms with Crippen molar-refractivity contribution in [2.45, 2.75) is 11.3 Å². The Morgan fingerprint density at radius 1 is 0.903 bits per heavy atom. The Hall–Kier alpha value is -2.97. The molecule has 1 saturated heterocycles. The molecule has 0 unspecified atom stereocenters. The maximum Gasteiger partial charge on any atom is 0.268 e. The quantitative estimate of drug-likeness (QED) is 0.511. The molecule has 1 aliphatic heterocycles. The molecule has 0 bridgehead atoms. The number of anilines is 1. The van der Waals surface area contributed by atoms with Crippen molar-refractivity contribution in [3.8, 4) is 0 Å². The van der Waals surface area contributed by atoms with Gasteiger partial charge in [-0.05, 0) is 35.0 Å². The predicted octanol–water partition coefficient (Wildman–Crippen LogP) is 4.38. The van der Waals surface area contributed by atoms with Crippen molar-refractivity contribution in [3.05, 3.63) is 72.4 Å². The molecule has 0 amide bonds. The molecular weight excluding hydrogens is 420 g/mol. The first-order valence-corrected chi connectivity index (χ1v) is 11.5. The zero-order chi connectivity index (χ0) is 21.6. The fourth-order valence-corrected chi connectivity index (χ4v) is 5.65. The molecule has 5 rings (SSSR count).